The molecule has 1 fully saturated rings. The number of primary amides is 1. The maximum absolute atomic E-state index is 11.7. The van der Waals surface area contributed by atoms with Gasteiger partial charge >= 0.3 is 5.97 Å². The fourth-order valence-corrected chi connectivity index (χ4v) is 1.56. The van der Waals surface area contributed by atoms with Gasteiger partial charge in [-0.1, -0.05) is 0 Å². The largest absolute Gasteiger partial charge is 0.458 e. The van der Waals surface area contributed by atoms with Crippen LogP contribution in [0, 0.1) is 5.92 Å². The van der Waals surface area contributed by atoms with Gasteiger partial charge in [-0.25, -0.2) is 4.79 Å². The number of nitrogens with two attached hydrogens (primary N) is 1. The van der Waals surface area contributed by atoms with Crippen LogP contribution in [0.3, 0.4) is 0 Å². The van der Waals surface area contributed by atoms with E-state index in [9.17, 15) is 14.4 Å². The number of ether oxygens (including phenoxy) is 1. The molecule has 0 aromatic carbocycles. The van der Waals surface area contributed by atoms with Gasteiger partial charge in [-0.3, -0.25) is 9.59 Å². The minimum absolute atomic E-state index is 0.0262. The van der Waals surface area contributed by atoms with Gasteiger partial charge in [-0.2, -0.15) is 0 Å². The molecule has 1 heterocycles. The van der Waals surface area contributed by atoms with Crippen LogP contribution in [0.2, 0.25) is 0 Å². The number of Topliss-reactive ketones (excluding diaryl/α,β-unsaturated/α-hetero) is 1. The molecule has 96 valence electrons. The number of esters is 1. The Morgan fingerprint density at radius 2 is 2.11 bits per heavy atom. The average molecular weight is 251 g/mol. The number of hydrogen-bond acceptors (Lipinski definition) is 5. The number of hydrogen-bond donors (Lipinski definition) is 1. The zero-order valence-electron chi connectivity index (χ0n) is 9.84. The minimum Gasteiger partial charge on any atom is -0.458 e. The van der Waals surface area contributed by atoms with Crippen LogP contribution in [0.15, 0.2) is 16.7 Å². The number of carbonyl (C=O) groups is 3. The highest BCUT2D eigenvalue weighted by molar-refractivity contribution is 5.96. The summed E-state index contributed by atoms with van der Waals surface area (Å²) >= 11 is 0. The molecule has 1 aromatic rings. The molecule has 0 saturated heterocycles. The molecule has 1 atom stereocenters. The molecule has 18 heavy (non-hydrogen) atoms. The van der Waals surface area contributed by atoms with Crippen LogP contribution in [-0.2, 0) is 9.53 Å². The van der Waals surface area contributed by atoms with Crippen LogP contribution >= 0.6 is 0 Å². The molecule has 1 unspecified atom stereocenters. The highest BCUT2D eigenvalue weighted by Gasteiger charge is 2.34. The van der Waals surface area contributed by atoms with Gasteiger partial charge in [0.2, 0.25) is 0 Å². The molecular formula is C12H13NO5. The van der Waals surface area contributed by atoms with E-state index in [0.29, 0.717) is 0 Å². The van der Waals surface area contributed by atoms with Gasteiger partial charge in [0, 0.05) is 12.0 Å². The Labute approximate surface area is 103 Å². The van der Waals surface area contributed by atoms with Gasteiger partial charge < -0.3 is 14.9 Å². The molecule has 1 aliphatic rings. The normalized spacial score (nSPS) is 16.1. The lowest BCUT2D eigenvalue weighted by Gasteiger charge is -2.10. The highest BCUT2D eigenvalue weighted by Crippen LogP contribution is 2.31. The van der Waals surface area contributed by atoms with Crippen molar-refractivity contribution in [2.75, 3.05) is 0 Å². The first kappa shape index (κ1) is 12.3. The van der Waals surface area contributed by atoms with Gasteiger partial charge in [0.15, 0.2) is 17.6 Å². The third-order valence-corrected chi connectivity index (χ3v) is 2.74. The van der Waals surface area contributed by atoms with Crippen molar-refractivity contribution in [3.63, 3.8) is 0 Å². The Bertz CT molecular complexity index is 500. The molecule has 1 aromatic heterocycles. The number of rotatable bonds is 5. The first-order valence-electron chi connectivity index (χ1n) is 5.62. The molecule has 6 heteroatoms. The van der Waals surface area contributed by atoms with E-state index in [1.165, 1.54) is 13.0 Å². The SMILES string of the molecule is CC(OC(=O)c1coc(C(N)=O)c1)C(=O)C1CC1. The second-order valence-corrected chi connectivity index (χ2v) is 4.29. The summed E-state index contributed by atoms with van der Waals surface area (Å²) in [6, 6.07) is 1.19. The summed E-state index contributed by atoms with van der Waals surface area (Å²) in [5.41, 5.74) is 5.05. The Morgan fingerprint density at radius 1 is 1.44 bits per heavy atom. The molecule has 0 radical (unpaired) electrons. The van der Waals surface area contributed by atoms with Crippen molar-refractivity contribution in [3.8, 4) is 0 Å². The summed E-state index contributed by atoms with van der Waals surface area (Å²) in [5.74, 6) is -1.63. The highest BCUT2D eigenvalue weighted by atomic mass is 16.5. The minimum atomic E-state index is -0.781. The summed E-state index contributed by atoms with van der Waals surface area (Å²) < 4.78 is 9.78. The van der Waals surface area contributed by atoms with Crippen molar-refractivity contribution < 1.29 is 23.5 Å². The molecule has 2 rings (SSSR count). The predicted octanol–water partition coefficient (Wildman–Crippen LogP) is 0.903. The van der Waals surface area contributed by atoms with E-state index in [2.05, 4.69) is 0 Å². The second-order valence-electron chi connectivity index (χ2n) is 4.29. The van der Waals surface area contributed by atoms with Crippen molar-refractivity contribution in [2.24, 2.45) is 11.7 Å². The van der Waals surface area contributed by atoms with Crippen LogP contribution in [0.5, 0.6) is 0 Å². The van der Waals surface area contributed by atoms with Gasteiger partial charge in [0.1, 0.15) is 6.26 Å². The number of carbonyl (C=O) groups excluding carboxylic acids is 3. The van der Waals surface area contributed by atoms with E-state index in [1.807, 2.05) is 0 Å². The standard InChI is InChI=1S/C12H13NO5/c1-6(10(14)7-2-3-7)18-12(16)8-4-9(11(13)15)17-5-8/h4-7H,2-3H2,1H3,(H2,13,15). The van der Waals surface area contributed by atoms with Gasteiger partial charge in [0.25, 0.3) is 5.91 Å². The van der Waals surface area contributed by atoms with Gasteiger partial charge in [-0.05, 0) is 19.8 Å². The maximum Gasteiger partial charge on any atom is 0.342 e. The second kappa shape index (κ2) is 4.64. The van der Waals surface area contributed by atoms with Crippen LogP contribution in [0.4, 0.5) is 0 Å². The number of ketones is 1. The molecule has 6 nitrogen and oxygen atoms in total. The molecule has 1 saturated carbocycles. The van der Waals surface area contributed by atoms with Crippen molar-refractivity contribution >= 4 is 17.7 Å². The van der Waals surface area contributed by atoms with Crippen molar-refractivity contribution in [2.45, 2.75) is 25.9 Å². The Kier molecular flexibility index (Phi) is 3.18. The lowest BCUT2D eigenvalue weighted by molar-refractivity contribution is -0.128. The Morgan fingerprint density at radius 3 is 2.61 bits per heavy atom. The third-order valence-electron chi connectivity index (χ3n) is 2.74. The fraction of sp³-hybridized carbons (Fsp3) is 0.417. The third kappa shape index (κ3) is 2.58. The molecular weight excluding hydrogens is 238 g/mol. The summed E-state index contributed by atoms with van der Waals surface area (Å²) in [5, 5.41) is 0. The van der Waals surface area contributed by atoms with E-state index in [-0.39, 0.29) is 23.0 Å². The molecule has 0 bridgehead atoms. The maximum atomic E-state index is 11.7. The van der Waals surface area contributed by atoms with Gasteiger partial charge in [-0.15, -0.1) is 0 Å². The zero-order valence-corrected chi connectivity index (χ0v) is 9.84. The monoisotopic (exact) mass is 251 g/mol. The zero-order chi connectivity index (χ0) is 13.3. The average Bonchev–Trinajstić information content (AvgIpc) is 3.04. The van der Waals surface area contributed by atoms with E-state index in [0.717, 1.165) is 19.1 Å². The molecule has 1 amide bonds. The molecule has 0 spiro atoms. The lowest BCUT2D eigenvalue weighted by Crippen LogP contribution is -2.25. The summed E-state index contributed by atoms with van der Waals surface area (Å²) in [4.78, 5) is 34.0. The van der Waals surface area contributed by atoms with E-state index >= 15 is 0 Å². The molecule has 2 N–H and O–H groups in total. The van der Waals surface area contributed by atoms with Crippen LogP contribution < -0.4 is 5.73 Å². The van der Waals surface area contributed by atoms with Crippen LogP contribution in [0.1, 0.15) is 40.7 Å². The molecule has 0 aliphatic heterocycles. The van der Waals surface area contributed by atoms with Crippen LogP contribution in [0.25, 0.3) is 0 Å². The summed E-state index contributed by atoms with van der Waals surface area (Å²) in [6.45, 7) is 1.54. The number of amides is 1. The fourth-order valence-electron chi connectivity index (χ4n) is 1.56. The lowest BCUT2D eigenvalue weighted by atomic mass is 10.2. The van der Waals surface area contributed by atoms with Crippen molar-refractivity contribution in [1.82, 2.24) is 0 Å². The van der Waals surface area contributed by atoms with E-state index in [4.69, 9.17) is 14.9 Å². The van der Waals surface area contributed by atoms with Crippen molar-refractivity contribution in [3.05, 3.63) is 23.7 Å². The Hall–Kier alpha value is -2.11. The smallest absolute Gasteiger partial charge is 0.342 e. The molecule has 1 aliphatic carbocycles. The first-order chi connectivity index (χ1) is 8.49. The summed E-state index contributed by atoms with van der Waals surface area (Å²) in [6.07, 6.45) is 2.02. The van der Waals surface area contributed by atoms with Crippen LogP contribution in [-0.4, -0.2) is 23.8 Å². The van der Waals surface area contributed by atoms with E-state index in [1.54, 1.807) is 0 Å². The summed E-state index contributed by atoms with van der Waals surface area (Å²) in [7, 11) is 0. The van der Waals surface area contributed by atoms with Gasteiger partial charge in [0.05, 0.1) is 5.56 Å². The first-order valence-corrected chi connectivity index (χ1v) is 5.62. The topological polar surface area (TPSA) is 99.6 Å². The Balaban J connectivity index is 1.97. The van der Waals surface area contributed by atoms with E-state index < -0.39 is 18.0 Å². The van der Waals surface area contributed by atoms with Crippen molar-refractivity contribution in [1.29, 1.82) is 0 Å². The predicted molar refractivity (Wildman–Crippen MR) is 59.8 cm³/mol. The number of furan rings is 1. The quantitative estimate of drug-likeness (QED) is 0.784.